The highest BCUT2D eigenvalue weighted by Crippen LogP contribution is 2.16. The van der Waals surface area contributed by atoms with Gasteiger partial charge in [0.2, 0.25) is 11.8 Å². The molecule has 0 fully saturated rings. The fourth-order valence-corrected chi connectivity index (χ4v) is 1.55. The van der Waals surface area contributed by atoms with Crippen LogP contribution in [0.3, 0.4) is 0 Å². The Kier molecular flexibility index (Phi) is 3.96. The van der Waals surface area contributed by atoms with Gasteiger partial charge in [0.1, 0.15) is 0 Å². The first-order valence-electron chi connectivity index (χ1n) is 5.55. The minimum absolute atomic E-state index is 0.597. The minimum Gasteiger partial charge on any atom is -0.481 e. The van der Waals surface area contributed by atoms with Crippen molar-refractivity contribution in [3.63, 3.8) is 0 Å². The molecule has 0 aromatic carbocycles. The Balaban J connectivity index is 2.02. The summed E-state index contributed by atoms with van der Waals surface area (Å²) in [6.45, 7) is 0.630. The minimum atomic E-state index is 0.597. The van der Waals surface area contributed by atoms with Crippen molar-refractivity contribution in [1.29, 1.82) is 0 Å². The van der Waals surface area contributed by atoms with Crippen molar-refractivity contribution < 1.29 is 9.47 Å². The Morgan fingerprint density at radius 1 is 1.11 bits per heavy atom. The van der Waals surface area contributed by atoms with Crippen molar-refractivity contribution in [1.82, 2.24) is 9.97 Å². The van der Waals surface area contributed by atoms with Crippen LogP contribution >= 0.6 is 0 Å². The fraction of sp³-hybridized carbons (Fsp3) is 0.231. The van der Waals surface area contributed by atoms with Gasteiger partial charge in [-0.25, -0.2) is 9.97 Å². The van der Waals surface area contributed by atoms with E-state index in [1.807, 2.05) is 24.3 Å². The number of anilines is 1. The summed E-state index contributed by atoms with van der Waals surface area (Å²) in [6.07, 6.45) is 3.43. The second kappa shape index (κ2) is 5.86. The summed E-state index contributed by atoms with van der Waals surface area (Å²) in [6, 6.07) is 7.57. The predicted octanol–water partition coefficient (Wildman–Crippen LogP) is 2.11. The molecule has 0 aliphatic rings. The number of aromatic nitrogens is 2. The molecule has 2 aromatic rings. The number of methoxy groups -OCH3 is 2. The Labute approximate surface area is 106 Å². The van der Waals surface area contributed by atoms with E-state index in [0.717, 1.165) is 11.3 Å². The largest absolute Gasteiger partial charge is 0.481 e. The smallest absolute Gasteiger partial charge is 0.218 e. The van der Waals surface area contributed by atoms with Crippen LogP contribution in [-0.2, 0) is 6.54 Å². The molecular formula is C13H15N3O2. The molecular weight excluding hydrogens is 230 g/mol. The van der Waals surface area contributed by atoms with Gasteiger partial charge in [-0.15, -0.1) is 0 Å². The number of hydrogen-bond acceptors (Lipinski definition) is 5. The molecule has 0 aliphatic carbocycles. The zero-order valence-electron chi connectivity index (χ0n) is 10.4. The molecule has 2 aromatic heterocycles. The third-order valence-corrected chi connectivity index (χ3v) is 2.47. The van der Waals surface area contributed by atoms with Crippen molar-refractivity contribution >= 4 is 5.69 Å². The Bertz CT molecular complexity index is 500. The van der Waals surface area contributed by atoms with Crippen LogP contribution in [0, 0.1) is 0 Å². The van der Waals surface area contributed by atoms with Gasteiger partial charge in [0, 0.05) is 24.4 Å². The standard InChI is InChI=1S/C13H15N3O2/c1-17-12-6-5-11(9-16-12)15-8-10-4-3-7-14-13(10)18-2/h3-7,9,15H,8H2,1-2H3. The lowest BCUT2D eigenvalue weighted by molar-refractivity contribution is 0.393. The SMILES string of the molecule is COc1ccc(NCc2cccnc2OC)cn1. The Hall–Kier alpha value is -2.30. The lowest BCUT2D eigenvalue weighted by Gasteiger charge is -2.09. The fourth-order valence-electron chi connectivity index (χ4n) is 1.55. The Morgan fingerprint density at radius 2 is 2.00 bits per heavy atom. The molecule has 5 nitrogen and oxygen atoms in total. The highest BCUT2D eigenvalue weighted by molar-refractivity contribution is 5.43. The highest BCUT2D eigenvalue weighted by Gasteiger charge is 2.03. The Morgan fingerprint density at radius 3 is 2.67 bits per heavy atom. The molecule has 2 heterocycles. The van der Waals surface area contributed by atoms with E-state index >= 15 is 0 Å². The first-order chi connectivity index (χ1) is 8.83. The van der Waals surface area contributed by atoms with E-state index in [4.69, 9.17) is 9.47 Å². The molecule has 0 atom stereocenters. The molecule has 0 radical (unpaired) electrons. The maximum Gasteiger partial charge on any atom is 0.218 e. The van der Waals surface area contributed by atoms with Gasteiger partial charge < -0.3 is 14.8 Å². The average Bonchev–Trinajstić information content (AvgIpc) is 2.46. The van der Waals surface area contributed by atoms with E-state index in [9.17, 15) is 0 Å². The van der Waals surface area contributed by atoms with Gasteiger partial charge in [0.25, 0.3) is 0 Å². The maximum atomic E-state index is 5.18. The van der Waals surface area contributed by atoms with Gasteiger partial charge >= 0.3 is 0 Å². The summed E-state index contributed by atoms with van der Waals surface area (Å²) in [5.74, 6) is 1.23. The third-order valence-electron chi connectivity index (χ3n) is 2.47. The van der Waals surface area contributed by atoms with Crippen LogP contribution in [0.2, 0.25) is 0 Å². The first kappa shape index (κ1) is 12.2. The number of nitrogens with one attached hydrogen (secondary N) is 1. The van der Waals surface area contributed by atoms with Crippen LogP contribution in [0.4, 0.5) is 5.69 Å². The molecule has 2 rings (SSSR count). The summed E-state index contributed by atoms with van der Waals surface area (Å²) in [4.78, 5) is 8.26. The van der Waals surface area contributed by atoms with Crippen LogP contribution in [0.25, 0.3) is 0 Å². The molecule has 0 unspecified atom stereocenters. The van der Waals surface area contributed by atoms with Gasteiger partial charge in [0.15, 0.2) is 0 Å². The molecule has 0 saturated carbocycles. The topological polar surface area (TPSA) is 56.3 Å². The number of pyridine rings is 2. The van der Waals surface area contributed by atoms with Crippen molar-refractivity contribution in [2.24, 2.45) is 0 Å². The number of rotatable bonds is 5. The summed E-state index contributed by atoms with van der Waals surface area (Å²) in [7, 11) is 3.21. The van der Waals surface area contributed by atoms with Crippen LogP contribution in [-0.4, -0.2) is 24.2 Å². The zero-order valence-corrected chi connectivity index (χ0v) is 10.4. The average molecular weight is 245 g/mol. The van der Waals surface area contributed by atoms with Crippen LogP contribution in [0.1, 0.15) is 5.56 Å². The van der Waals surface area contributed by atoms with Gasteiger partial charge in [-0.2, -0.15) is 0 Å². The normalized spacial score (nSPS) is 9.89. The van der Waals surface area contributed by atoms with Crippen molar-refractivity contribution in [2.45, 2.75) is 6.54 Å². The van der Waals surface area contributed by atoms with Crippen LogP contribution < -0.4 is 14.8 Å². The summed E-state index contributed by atoms with van der Waals surface area (Å²) >= 11 is 0. The molecule has 0 bridgehead atoms. The van der Waals surface area contributed by atoms with Gasteiger partial charge in [-0.1, -0.05) is 6.07 Å². The molecule has 5 heteroatoms. The molecule has 94 valence electrons. The lowest BCUT2D eigenvalue weighted by atomic mass is 10.2. The molecule has 1 N–H and O–H groups in total. The lowest BCUT2D eigenvalue weighted by Crippen LogP contribution is -2.03. The second-order valence-corrected chi connectivity index (χ2v) is 3.61. The number of nitrogens with zero attached hydrogens (tertiary/aromatic N) is 2. The number of ether oxygens (including phenoxy) is 2. The molecule has 0 saturated heterocycles. The maximum absolute atomic E-state index is 5.18. The number of hydrogen-bond donors (Lipinski definition) is 1. The van der Waals surface area contributed by atoms with E-state index in [1.54, 1.807) is 26.6 Å². The van der Waals surface area contributed by atoms with Gasteiger partial charge in [-0.3, -0.25) is 0 Å². The summed E-state index contributed by atoms with van der Waals surface area (Å²) in [5.41, 5.74) is 1.91. The van der Waals surface area contributed by atoms with E-state index in [0.29, 0.717) is 18.3 Å². The third kappa shape index (κ3) is 2.88. The van der Waals surface area contributed by atoms with Crippen LogP contribution in [0.15, 0.2) is 36.7 Å². The first-order valence-corrected chi connectivity index (χ1v) is 5.55. The van der Waals surface area contributed by atoms with Gasteiger partial charge in [0.05, 0.1) is 26.1 Å². The van der Waals surface area contributed by atoms with Crippen molar-refractivity contribution in [2.75, 3.05) is 19.5 Å². The quantitative estimate of drug-likeness (QED) is 0.874. The molecule has 18 heavy (non-hydrogen) atoms. The van der Waals surface area contributed by atoms with Gasteiger partial charge in [-0.05, 0) is 12.1 Å². The summed E-state index contributed by atoms with van der Waals surface area (Å²) < 4.78 is 10.2. The van der Waals surface area contributed by atoms with Crippen LogP contribution in [0.5, 0.6) is 11.8 Å². The summed E-state index contributed by atoms with van der Waals surface area (Å²) in [5, 5.41) is 3.25. The molecule has 0 aliphatic heterocycles. The molecule has 0 spiro atoms. The predicted molar refractivity (Wildman–Crippen MR) is 68.9 cm³/mol. The monoisotopic (exact) mass is 245 g/mol. The van der Waals surface area contributed by atoms with E-state index in [2.05, 4.69) is 15.3 Å². The van der Waals surface area contributed by atoms with Crippen molar-refractivity contribution in [3.05, 3.63) is 42.2 Å². The molecule has 0 amide bonds. The van der Waals surface area contributed by atoms with E-state index < -0.39 is 0 Å². The highest BCUT2D eigenvalue weighted by atomic mass is 16.5. The zero-order chi connectivity index (χ0) is 12.8. The van der Waals surface area contributed by atoms with Crippen molar-refractivity contribution in [3.8, 4) is 11.8 Å². The van der Waals surface area contributed by atoms with E-state index in [-0.39, 0.29) is 0 Å². The van der Waals surface area contributed by atoms with E-state index in [1.165, 1.54) is 0 Å². The second-order valence-electron chi connectivity index (χ2n) is 3.61.